The standard InChI is InChI=1S/C23H29NO4S2/c1-17(2)28-23(25)24-14-12-18(13-15-24)16-29-21-8-4-19(5-9-21)20-6-10-22(11-7-20)30(3,26)27/h4-11,17-18H,12-16H2,1-3H3. The van der Waals surface area contributed by atoms with E-state index in [9.17, 15) is 13.2 Å². The van der Waals surface area contributed by atoms with Gasteiger partial charge >= 0.3 is 6.09 Å². The van der Waals surface area contributed by atoms with Crippen LogP contribution in [0.4, 0.5) is 4.79 Å². The van der Waals surface area contributed by atoms with Crippen molar-refractivity contribution in [2.45, 2.75) is 42.6 Å². The molecular formula is C23H29NO4S2. The molecule has 1 aliphatic heterocycles. The summed E-state index contributed by atoms with van der Waals surface area (Å²) in [5.41, 5.74) is 2.07. The third-order valence-corrected chi connectivity index (χ3v) is 7.54. The van der Waals surface area contributed by atoms with Crippen molar-refractivity contribution in [3.63, 3.8) is 0 Å². The lowest BCUT2D eigenvalue weighted by Crippen LogP contribution is -2.40. The molecule has 0 N–H and O–H groups in total. The van der Waals surface area contributed by atoms with E-state index in [0.717, 1.165) is 42.8 Å². The van der Waals surface area contributed by atoms with E-state index >= 15 is 0 Å². The highest BCUT2D eigenvalue weighted by atomic mass is 32.2. The zero-order chi connectivity index (χ0) is 21.7. The number of likely N-dealkylation sites (tertiary alicyclic amines) is 1. The maximum Gasteiger partial charge on any atom is 0.410 e. The molecule has 0 aliphatic carbocycles. The predicted molar refractivity (Wildman–Crippen MR) is 122 cm³/mol. The second-order valence-corrected chi connectivity index (χ2v) is 11.1. The number of ether oxygens (including phenoxy) is 1. The number of hydrogen-bond donors (Lipinski definition) is 0. The van der Waals surface area contributed by atoms with E-state index in [1.54, 1.807) is 12.1 Å². The third kappa shape index (κ3) is 6.25. The molecule has 1 heterocycles. The van der Waals surface area contributed by atoms with E-state index in [1.807, 2.05) is 42.6 Å². The lowest BCUT2D eigenvalue weighted by Gasteiger charge is -2.31. The largest absolute Gasteiger partial charge is 0.447 e. The normalized spacial score (nSPS) is 15.4. The van der Waals surface area contributed by atoms with E-state index in [4.69, 9.17) is 4.74 Å². The number of thioether (sulfide) groups is 1. The van der Waals surface area contributed by atoms with Crippen LogP contribution in [-0.2, 0) is 14.6 Å². The van der Waals surface area contributed by atoms with Crippen LogP contribution in [0.15, 0.2) is 58.3 Å². The molecule has 0 aromatic heterocycles. The lowest BCUT2D eigenvalue weighted by molar-refractivity contribution is 0.0667. The van der Waals surface area contributed by atoms with Gasteiger partial charge in [-0.25, -0.2) is 13.2 Å². The van der Waals surface area contributed by atoms with E-state index in [1.165, 1.54) is 11.2 Å². The Hall–Kier alpha value is -1.99. The molecule has 3 rings (SSSR count). The fourth-order valence-corrected chi connectivity index (χ4v) is 5.13. The summed E-state index contributed by atoms with van der Waals surface area (Å²) in [4.78, 5) is 15.3. The molecule has 0 saturated carbocycles. The number of nitrogens with zero attached hydrogens (tertiary/aromatic N) is 1. The van der Waals surface area contributed by atoms with Gasteiger partial charge in [-0.1, -0.05) is 24.3 Å². The Morgan fingerprint density at radius 1 is 1.03 bits per heavy atom. The molecule has 0 unspecified atom stereocenters. The highest BCUT2D eigenvalue weighted by Gasteiger charge is 2.24. The molecule has 2 aromatic carbocycles. The van der Waals surface area contributed by atoms with Crippen LogP contribution in [0, 0.1) is 5.92 Å². The van der Waals surface area contributed by atoms with Gasteiger partial charge in [0.2, 0.25) is 0 Å². The van der Waals surface area contributed by atoms with E-state index in [0.29, 0.717) is 10.8 Å². The molecule has 162 valence electrons. The van der Waals surface area contributed by atoms with Crippen LogP contribution in [0.5, 0.6) is 0 Å². The van der Waals surface area contributed by atoms with Gasteiger partial charge in [0.25, 0.3) is 0 Å². The minimum absolute atomic E-state index is 0.0774. The second-order valence-electron chi connectivity index (χ2n) is 7.99. The number of sulfone groups is 1. The van der Waals surface area contributed by atoms with Crippen LogP contribution in [0.25, 0.3) is 11.1 Å². The van der Waals surface area contributed by atoms with Crippen molar-refractivity contribution in [2.75, 3.05) is 25.1 Å². The van der Waals surface area contributed by atoms with Gasteiger partial charge in [0.15, 0.2) is 9.84 Å². The number of carbonyl (C=O) groups excluding carboxylic acids is 1. The molecule has 30 heavy (non-hydrogen) atoms. The molecule has 1 saturated heterocycles. The van der Waals surface area contributed by atoms with Crippen LogP contribution in [0.2, 0.25) is 0 Å². The molecule has 0 bridgehead atoms. The van der Waals surface area contributed by atoms with Gasteiger partial charge < -0.3 is 9.64 Å². The van der Waals surface area contributed by atoms with E-state index in [-0.39, 0.29) is 12.2 Å². The van der Waals surface area contributed by atoms with Crippen LogP contribution >= 0.6 is 11.8 Å². The second kappa shape index (κ2) is 9.88. The zero-order valence-electron chi connectivity index (χ0n) is 17.7. The van der Waals surface area contributed by atoms with Crippen molar-refractivity contribution >= 4 is 27.7 Å². The summed E-state index contributed by atoms with van der Waals surface area (Å²) < 4.78 is 28.5. The van der Waals surface area contributed by atoms with Gasteiger partial charge in [0.05, 0.1) is 11.0 Å². The fourth-order valence-electron chi connectivity index (χ4n) is 3.41. The van der Waals surface area contributed by atoms with Crippen LogP contribution in [0.1, 0.15) is 26.7 Å². The highest BCUT2D eigenvalue weighted by molar-refractivity contribution is 7.99. The van der Waals surface area contributed by atoms with E-state index in [2.05, 4.69) is 24.3 Å². The van der Waals surface area contributed by atoms with Crippen molar-refractivity contribution in [1.82, 2.24) is 4.90 Å². The van der Waals surface area contributed by atoms with Crippen molar-refractivity contribution in [3.05, 3.63) is 48.5 Å². The monoisotopic (exact) mass is 447 g/mol. The molecule has 1 aliphatic rings. The molecule has 0 atom stereocenters. The van der Waals surface area contributed by atoms with Crippen molar-refractivity contribution in [2.24, 2.45) is 5.92 Å². The Balaban J connectivity index is 1.49. The molecule has 0 spiro atoms. The molecule has 1 fully saturated rings. The van der Waals surface area contributed by atoms with Gasteiger partial charge in [0, 0.05) is 30.0 Å². The summed E-state index contributed by atoms with van der Waals surface area (Å²) in [6.45, 7) is 5.27. The Morgan fingerprint density at radius 2 is 1.57 bits per heavy atom. The summed E-state index contributed by atoms with van der Waals surface area (Å²) >= 11 is 1.84. The molecule has 5 nitrogen and oxygen atoms in total. The first-order valence-corrected chi connectivity index (χ1v) is 13.1. The molecule has 7 heteroatoms. The summed E-state index contributed by atoms with van der Waals surface area (Å²) in [6.07, 6.45) is 2.95. The number of piperidine rings is 1. The average Bonchev–Trinajstić information content (AvgIpc) is 2.72. The number of amides is 1. The first-order valence-electron chi connectivity index (χ1n) is 10.2. The Bertz CT molecular complexity index is 946. The minimum atomic E-state index is -3.17. The van der Waals surface area contributed by atoms with Gasteiger partial charge in [-0.05, 0) is 68.0 Å². The van der Waals surface area contributed by atoms with Crippen molar-refractivity contribution in [3.8, 4) is 11.1 Å². The summed E-state index contributed by atoms with van der Waals surface area (Å²) in [5, 5.41) is 0. The highest BCUT2D eigenvalue weighted by Crippen LogP contribution is 2.29. The quantitative estimate of drug-likeness (QED) is 0.576. The predicted octanol–water partition coefficient (Wildman–Crippen LogP) is 5.11. The average molecular weight is 448 g/mol. The van der Waals surface area contributed by atoms with Crippen molar-refractivity contribution < 1.29 is 17.9 Å². The Kier molecular flexibility index (Phi) is 7.47. The minimum Gasteiger partial charge on any atom is -0.447 e. The number of benzene rings is 2. The van der Waals surface area contributed by atoms with Gasteiger partial charge in [-0.3, -0.25) is 0 Å². The Morgan fingerprint density at radius 3 is 2.07 bits per heavy atom. The van der Waals surface area contributed by atoms with Crippen LogP contribution in [-0.4, -0.2) is 50.6 Å². The molecule has 2 aromatic rings. The SMILES string of the molecule is CC(C)OC(=O)N1CCC(CSc2ccc(-c3ccc(S(C)(=O)=O)cc3)cc2)CC1. The molecule has 0 radical (unpaired) electrons. The maximum atomic E-state index is 12.0. The van der Waals surface area contributed by atoms with Crippen LogP contribution in [0.3, 0.4) is 0 Å². The van der Waals surface area contributed by atoms with Gasteiger partial charge in [-0.2, -0.15) is 0 Å². The topological polar surface area (TPSA) is 63.7 Å². The summed E-state index contributed by atoms with van der Waals surface area (Å²) in [5.74, 6) is 1.64. The number of rotatable bonds is 6. The van der Waals surface area contributed by atoms with Crippen molar-refractivity contribution in [1.29, 1.82) is 0 Å². The maximum absolute atomic E-state index is 12.0. The first-order chi connectivity index (χ1) is 14.2. The van der Waals surface area contributed by atoms with Gasteiger partial charge in [0.1, 0.15) is 0 Å². The molecule has 1 amide bonds. The number of hydrogen-bond acceptors (Lipinski definition) is 5. The summed E-state index contributed by atoms with van der Waals surface area (Å²) in [7, 11) is -3.17. The third-order valence-electron chi connectivity index (χ3n) is 5.17. The molecular weight excluding hydrogens is 418 g/mol. The van der Waals surface area contributed by atoms with Crippen LogP contribution < -0.4 is 0 Å². The Labute approximate surface area is 183 Å². The summed E-state index contributed by atoms with van der Waals surface area (Å²) in [6, 6.07) is 15.4. The smallest absolute Gasteiger partial charge is 0.410 e. The fraction of sp³-hybridized carbons (Fsp3) is 0.435. The first kappa shape index (κ1) is 22.7. The number of carbonyl (C=O) groups is 1. The lowest BCUT2D eigenvalue weighted by atomic mass is 9.99. The van der Waals surface area contributed by atoms with Gasteiger partial charge in [-0.15, -0.1) is 11.8 Å². The zero-order valence-corrected chi connectivity index (χ0v) is 19.3. The van der Waals surface area contributed by atoms with E-state index < -0.39 is 9.84 Å².